The van der Waals surface area contributed by atoms with Crippen LogP contribution in [-0.2, 0) is 6.42 Å². The van der Waals surface area contributed by atoms with Crippen LogP contribution in [0.5, 0.6) is 5.75 Å². The Bertz CT molecular complexity index is 310. The van der Waals surface area contributed by atoms with E-state index in [9.17, 15) is 0 Å². The Morgan fingerprint density at radius 2 is 2.15 bits per heavy atom. The molecule has 0 aromatic heterocycles. The summed E-state index contributed by atoms with van der Waals surface area (Å²) in [5.41, 5.74) is 2.64. The molecule has 2 rings (SSSR count). The molecule has 0 N–H and O–H groups in total. The van der Waals surface area contributed by atoms with Gasteiger partial charge in [-0.1, -0.05) is 23.8 Å². The van der Waals surface area contributed by atoms with Gasteiger partial charge in [-0.15, -0.1) is 0 Å². The van der Waals surface area contributed by atoms with Gasteiger partial charge in [0.05, 0.1) is 0 Å². The van der Waals surface area contributed by atoms with Crippen LogP contribution in [-0.4, -0.2) is 6.10 Å². The third-order valence-electron chi connectivity index (χ3n) is 2.19. The van der Waals surface area contributed by atoms with Crippen LogP contribution >= 0.6 is 0 Å². The first kappa shape index (κ1) is 8.36. The summed E-state index contributed by atoms with van der Waals surface area (Å²) in [6, 6.07) is 8.25. The van der Waals surface area contributed by atoms with Crippen LogP contribution in [0.4, 0.5) is 0 Å². The SMILES string of the molecule is CC(C)=CC1Cc2ccccc2O1. The van der Waals surface area contributed by atoms with E-state index in [1.165, 1.54) is 11.1 Å². The average molecular weight is 174 g/mol. The highest BCUT2D eigenvalue weighted by Gasteiger charge is 2.19. The summed E-state index contributed by atoms with van der Waals surface area (Å²) in [5, 5.41) is 0. The first-order chi connectivity index (χ1) is 6.25. The predicted molar refractivity (Wildman–Crippen MR) is 54.0 cm³/mol. The first-order valence-electron chi connectivity index (χ1n) is 4.65. The Morgan fingerprint density at radius 3 is 2.85 bits per heavy atom. The minimum atomic E-state index is 0.252. The van der Waals surface area contributed by atoms with Crippen LogP contribution in [0.2, 0.25) is 0 Å². The first-order valence-corrected chi connectivity index (χ1v) is 4.65. The fourth-order valence-electron chi connectivity index (χ4n) is 1.67. The molecule has 1 unspecified atom stereocenters. The third-order valence-corrected chi connectivity index (χ3v) is 2.19. The van der Waals surface area contributed by atoms with E-state index in [0.29, 0.717) is 0 Å². The van der Waals surface area contributed by atoms with Gasteiger partial charge in [-0.2, -0.15) is 0 Å². The number of rotatable bonds is 1. The normalized spacial score (nSPS) is 19.1. The van der Waals surface area contributed by atoms with Crippen molar-refractivity contribution in [2.24, 2.45) is 0 Å². The van der Waals surface area contributed by atoms with E-state index in [1.54, 1.807) is 0 Å². The molecule has 1 aliphatic rings. The molecule has 1 aromatic carbocycles. The molecule has 1 atom stereocenters. The van der Waals surface area contributed by atoms with E-state index < -0.39 is 0 Å². The molecule has 68 valence electrons. The lowest BCUT2D eigenvalue weighted by Crippen LogP contribution is -2.08. The van der Waals surface area contributed by atoms with Crippen LogP contribution < -0.4 is 4.74 Å². The van der Waals surface area contributed by atoms with Crippen LogP contribution in [0.3, 0.4) is 0 Å². The lowest BCUT2D eigenvalue weighted by molar-refractivity contribution is 0.282. The van der Waals surface area contributed by atoms with Gasteiger partial charge in [0, 0.05) is 6.42 Å². The molecule has 0 bridgehead atoms. The number of fused-ring (bicyclic) bond motifs is 1. The van der Waals surface area contributed by atoms with Gasteiger partial charge in [-0.25, -0.2) is 0 Å². The zero-order valence-corrected chi connectivity index (χ0v) is 8.08. The van der Waals surface area contributed by atoms with E-state index in [1.807, 2.05) is 12.1 Å². The minimum absolute atomic E-state index is 0.252. The van der Waals surface area contributed by atoms with Crippen molar-refractivity contribution >= 4 is 0 Å². The maximum Gasteiger partial charge on any atom is 0.123 e. The molecule has 0 amide bonds. The predicted octanol–water partition coefficient (Wildman–Crippen LogP) is 2.96. The van der Waals surface area contributed by atoms with E-state index in [4.69, 9.17) is 4.74 Å². The van der Waals surface area contributed by atoms with E-state index >= 15 is 0 Å². The molecule has 1 heterocycles. The highest BCUT2D eigenvalue weighted by atomic mass is 16.5. The standard InChI is InChI=1S/C12H14O/c1-9(2)7-11-8-10-5-3-4-6-12(10)13-11/h3-7,11H,8H2,1-2H3. The molecule has 13 heavy (non-hydrogen) atoms. The average Bonchev–Trinajstić information content (AvgIpc) is 2.44. The van der Waals surface area contributed by atoms with E-state index in [-0.39, 0.29) is 6.10 Å². The Balaban J connectivity index is 2.18. The quantitative estimate of drug-likeness (QED) is 0.595. The Morgan fingerprint density at radius 1 is 1.38 bits per heavy atom. The second-order valence-corrected chi connectivity index (χ2v) is 3.71. The fourth-order valence-corrected chi connectivity index (χ4v) is 1.67. The second kappa shape index (κ2) is 3.25. The van der Waals surface area contributed by atoms with Gasteiger partial charge in [0.1, 0.15) is 11.9 Å². The van der Waals surface area contributed by atoms with Crippen LogP contribution in [0.15, 0.2) is 35.9 Å². The van der Waals surface area contributed by atoms with Gasteiger partial charge in [0.25, 0.3) is 0 Å². The summed E-state index contributed by atoms with van der Waals surface area (Å²) in [7, 11) is 0. The number of benzene rings is 1. The van der Waals surface area contributed by atoms with E-state index in [0.717, 1.165) is 12.2 Å². The molecule has 1 aliphatic heterocycles. The highest BCUT2D eigenvalue weighted by Crippen LogP contribution is 2.28. The van der Waals surface area contributed by atoms with Gasteiger partial charge < -0.3 is 4.74 Å². The third kappa shape index (κ3) is 1.74. The maximum atomic E-state index is 5.74. The molecular weight excluding hydrogens is 160 g/mol. The van der Waals surface area contributed by atoms with Crippen molar-refractivity contribution in [2.45, 2.75) is 26.4 Å². The largest absolute Gasteiger partial charge is 0.486 e. The monoisotopic (exact) mass is 174 g/mol. The summed E-state index contributed by atoms with van der Waals surface area (Å²) in [6.07, 6.45) is 3.45. The highest BCUT2D eigenvalue weighted by molar-refractivity contribution is 5.38. The number of para-hydroxylation sites is 1. The van der Waals surface area contributed by atoms with Crippen LogP contribution in [0.1, 0.15) is 19.4 Å². The molecule has 0 radical (unpaired) electrons. The molecule has 0 aliphatic carbocycles. The summed E-state index contributed by atoms with van der Waals surface area (Å²) in [6.45, 7) is 4.21. The maximum absolute atomic E-state index is 5.74. The Hall–Kier alpha value is -1.24. The Kier molecular flexibility index (Phi) is 2.09. The van der Waals surface area contributed by atoms with E-state index in [2.05, 4.69) is 32.1 Å². The Labute approximate surface area is 79.0 Å². The molecule has 0 spiro atoms. The summed E-state index contributed by atoms with van der Waals surface area (Å²) >= 11 is 0. The smallest absolute Gasteiger partial charge is 0.123 e. The minimum Gasteiger partial charge on any atom is -0.486 e. The fraction of sp³-hybridized carbons (Fsp3) is 0.333. The summed E-state index contributed by atoms with van der Waals surface area (Å²) in [4.78, 5) is 0. The van der Waals surface area contributed by atoms with Gasteiger partial charge in [-0.3, -0.25) is 0 Å². The van der Waals surface area contributed by atoms with Crippen molar-refractivity contribution in [3.8, 4) is 5.75 Å². The van der Waals surface area contributed by atoms with Gasteiger partial charge in [-0.05, 0) is 31.6 Å². The molecular formula is C12H14O. The van der Waals surface area contributed by atoms with Crippen molar-refractivity contribution in [1.29, 1.82) is 0 Å². The summed E-state index contributed by atoms with van der Waals surface area (Å²) < 4.78 is 5.74. The molecule has 0 fully saturated rings. The topological polar surface area (TPSA) is 9.23 Å². The van der Waals surface area contributed by atoms with Gasteiger partial charge in [0.2, 0.25) is 0 Å². The van der Waals surface area contributed by atoms with Crippen molar-refractivity contribution in [2.75, 3.05) is 0 Å². The number of hydrogen-bond donors (Lipinski definition) is 0. The molecule has 1 nitrogen and oxygen atoms in total. The zero-order chi connectivity index (χ0) is 9.26. The van der Waals surface area contributed by atoms with Crippen molar-refractivity contribution in [3.63, 3.8) is 0 Å². The number of hydrogen-bond acceptors (Lipinski definition) is 1. The number of ether oxygens (including phenoxy) is 1. The zero-order valence-electron chi connectivity index (χ0n) is 8.08. The van der Waals surface area contributed by atoms with Crippen molar-refractivity contribution in [3.05, 3.63) is 41.5 Å². The molecule has 1 heteroatoms. The molecule has 0 saturated carbocycles. The van der Waals surface area contributed by atoms with Gasteiger partial charge >= 0.3 is 0 Å². The summed E-state index contributed by atoms with van der Waals surface area (Å²) in [5.74, 6) is 1.05. The molecule has 0 saturated heterocycles. The number of allylic oxidation sites excluding steroid dienone is 1. The lowest BCUT2D eigenvalue weighted by Gasteiger charge is -2.05. The van der Waals surface area contributed by atoms with Gasteiger partial charge in [0.15, 0.2) is 0 Å². The van der Waals surface area contributed by atoms with Crippen LogP contribution in [0, 0.1) is 0 Å². The van der Waals surface area contributed by atoms with Crippen molar-refractivity contribution < 1.29 is 4.74 Å². The second-order valence-electron chi connectivity index (χ2n) is 3.71. The van der Waals surface area contributed by atoms with Crippen LogP contribution in [0.25, 0.3) is 0 Å². The molecule has 1 aromatic rings. The lowest BCUT2D eigenvalue weighted by atomic mass is 10.1. The van der Waals surface area contributed by atoms with Crippen molar-refractivity contribution in [1.82, 2.24) is 0 Å².